The van der Waals surface area contributed by atoms with Crippen LogP contribution < -0.4 is 0 Å². The van der Waals surface area contributed by atoms with Gasteiger partial charge in [-0.25, -0.2) is 4.39 Å². The number of halogens is 4. The molecule has 0 radical (unpaired) electrons. The molecule has 3 nitrogen and oxygen atoms in total. The average Bonchev–Trinajstić information content (AvgIpc) is 2.97. The fraction of sp³-hybridized carbons (Fsp3) is 0.438. The molecule has 2 atom stereocenters. The van der Waals surface area contributed by atoms with E-state index in [1.165, 1.54) is 31.4 Å². The van der Waals surface area contributed by atoms with Gasteiger partial charge >= 0.3 is 6.18 Å². The van der Waals surface area contributed by atoms with E-state index < -0.39 is 23.6 Å². The monoisotopic (exact) mass is 362 g/mol. The van der Waals surface area contributed by atoms with E-state index in [0.717, 1.165) is 0 Å². The lowest BCUT2D eigenvalue weighted by Crippen LogP contribution is -2.35. The van der Waals surface area contributed by atoms with E-state index in [-0.39, 0.29) is 0 Å². The molecule has 24 heavy (non-hydrogen) atoms. The van der Waals surface area contributed by atoms with Crippen LogP contribution in [0.2, 0.25) is 0 Å². The summed E-state index contributed by atoms with van der Waals surface area (Å²) in [6, 6.07) is 2.43. The summed E-state index contributed by atoms with van der Waals surface area (Å²) in [6.07, 6.45) is 1.23. The van der Waals surface area contributed by atoms with Crippen LogP contribution in [0.15, 0.2) is 50.9 Å². The van der Waals surface area contributed by atoms with Gasteiger partial charge in [-0.05, 0) is 37.3 Å². The molecule has 0 aliphatic heterocycles. The van der Waals surface area contributed by atoms with Crippen molar-refractivity contribution in [3.8, 4) is 0 Å². The number of hydrogen-bond acceptors (Lipinski definition) is 3. The first-order valence-electron chi connectivity index (χ1n) is 7.17. The Labute approximate surface area is 142 Å². The summed E-state index contributed by atoms with van der Waals surface area (Å²) in [6.45, 7) is 1.34. The zero-order valence-corrected chi connectivity index (χ0v) is 14.3. The summed E-state index contributed by atoms with van der Waals surface area (Å²) in [5, 5.41) is 0. The first-order chi connectivity index (χ1) is 11.1. The molecule has 0 bridgehead atoms. The first kappa shape index (κ1) is 18.6. The molecule has 8 heteroatoms. The van der Waals surface area contributed by atoms with Crippen LogP contribution in [0.5, 0.6) is 0 Å². The maximum absolute atomic E-state index is 14.7. The van der Waals surface area contributed by atoms with Crippen molar-refractivity contribution in [1.29, 1.82) is 0 Å². The molecule has 0 N–H and O–H groups in total. The maximum Gasteiger partial charge on any atom is 0.398 e. The second-order valence-electron chi connectivity index (χ2n) is 5.73. The summed E-state index contributed by atoms with van der Waals surface area (Å²) in [4.78, 5) is 6.39. The van der Waals surface area contributed by atoms with Crippen molar-refractivity contribution in [3.63, 3.8) is 0 Å². The van der Waals surface area contributed by atoms with E-state index >= 15 is 0 Å². The quantitative estimate of drug-likeness (QED) is 0.451. The van der Waals surface area contributed by atoms with Gasteiger partial charge in [0.15, 0.2) is 17.3 Å². The van der Waals surface area contributed by atoms with Crippen LogP contribution in [-0.2, 0) is 0 Å². The molecule has 1 heterocycles. The molecular weight excluding hydrogens is 344 g/mol. The molecule has 1 aromatic heterocycles. The van der Waals surface area contributed by atoms with Gasteiger partial charge in [0.25, 0.3) is 0 Å². The molecule has 0 saturated heterocycles. The predicted octanol–water partition coefficient (Wildman–Crippen LogP) is 4.43. The zero-order chi connectivity index (χ0) is 18.0. The van der Waals surface area contributed by atoms with Gasteiger partial charge in [-0.2, -0.15) is 13.2 Å². The number of aliphatic imine (C=N–C) groups is 1. The summed E-state index contributed by atoms with van der Waals surface area (Å²) in [5.41, 5.74) is -1.80. The van der Waals surface area contributed by atoms with Crippen molar-refractivity contribution in [3.05, 3.63) is 47.3 Å². The van der Waals surface area contributed by atoms with Crippen LogP contribution in [0.1, 0.15) is 12.7 Å². The summed E-state index contributed by atoms with van der Waals surface area (Å²) < 4.78 is 57.1. The average molecular weight is 362 g/mol. The molecule has 0 fully saturated rings. The zero-order valence-electron chi connectivity index (χ0n) is 13.5. The van der Waals surface area contributed by atoms with Crippen molar-refractivity contribution in [1.82, 2.24) is 4.90 Å². The summed E-state index contributed by atoms with van der Waals surface area (Å²) in [7, 11) is 3.47. The third-order valence-electron chi connectivity index (χ3n) is 3.30. The lowest BCUT2D eigenvalue weighted by atomic mass is 9.94. The van der Waals surface area contributed by atoms with E-state index in [1.807, 2.05) is 0 Å². The molecule has 1 aromatic rings. The normalized spacial score (nSPS) is 24.9. The highest BCUT2D eigenvalue weighted by molar-refractivity contribution is 8.03. The van der Waals surface area contributed by atoms with E-state index in [9.17, 15) is 17.6 Å². The smallest absolute Gasteiger partial charge is 0.398 e. The van der Waals surface area contributed by atoms with Gasteiger partial charge in [0.05, 0.1) is 12.0 Å². The first-order valence-corrected chi connectivity index (χ1v) is 8.15. The minimum absolute atomic E-state index is 0.341. The minimum Gasteiger partial charge on any atom is -0.461 e. The Kier molecular flexibility index (Phi) is 5.47. The molecule has 2 rings (SSSR count). The van der Waals surface area contributed by atoms with Crippen LogP contribution in [0.4, 0.5) is 17.6 Å². The van der Waals surface area contributed by atoms with Gasteiger partial charge in [-0.3, -0.25) is 4.99 Å². The van der Waals surface area contributed by atoms with Crippen molar-refractivity contribution < 1.29 is 22.0 Å². The molecule has 1 aliphatic carbocycles. The predicted molar refractivity (Wildman–Crippen MR) is 88.0 cm³/mol. The number of allylic oxidation sites excluding steroid dienone is 1. The Morgan fingerprint density at radius 2 is 2.12 bits per heavy atom. The van der Waals surface area contributed by atoms with Gasteiger partial charge in [-0.15, -0.1) is 11.8 Å². The number of amidine groups is 1. The number of hydrogen-bond donors (Lipinski definition) is 0. The Bertz CT molecular complexity index is 646. The van der Waals surface area contributed by atoms with Gasteiger partial charge in [0, 0.05) is 19.0 Å². The van der Waals surface area contributed by atoms with Crippen LogP contribution in [-0.4, -0.2) is 48.5 Å². The SMILES string of the molecule is CN(C)C(=NC1C=C(SCC(F)(F)F)C=CC1(C)F)c1ccco1. The third-order valence-corrected chi connectivity index (χ3v) is 4.38. The maximum atomic E-state index is 14.7. The van der Waals surface area contributed by atoms with E-state index in [4.69, 9.17) is 4.42 Å². The molecule has 0 spiro atoms. The fourth-order valence-corrected chi connectivity index (χ4v) is 2.80. The lowest BCUT2D eigenvalue weighted by molar-refractivity contribution is -0.105. The van der Waals surface area contributed by atoms with Crippen molar-refractivity contribution in [2.45, 2.75) is 24.8 Å². The highest BCUT2D eigenvalue weighted by Gasteiger charge is 2.35. The molecule has 0 amide bonds. The molecule has 132 valence electrons. The number of furan rings is 1. The van der Waals surface area contributed by atoms with Crippen LogP contribution >= 0.6 is 11.8 Å². The van der Waals surface area contributed by atoms with Crippen molar-refractivity contribution in [2.24, 2.45) is 4.99 Å². The molecular formula is C16H18F4N2OS. The van der Waals surface area contributed by atoms with Crippen LogP contribution in [0.25, 0.3) is 0 Å². The second kappa shape index (κ2) is 7.04. The highest BCUT2D eigenvalue weighted by atomic mass is 32.2. The number of nitrogens with zero attached hydrogens (tertiary/aromatic N) is 2. The lowest BCUT2D eigenvalue weighted by Gasteiger charge is -2.28. The Balaban J connectivity index is 2.29. The van der Waals surface area contributed by atoms with Gasteiger partial charge in [-0.1, -0.05) is 0 Å². The Hall–Kier alpha value is -1.70. The van der Waals surface area contributed by atoms with E-state index in [0.29, 0.717) is 28.3 Å². The Morgan fingerprint density at radius 3 is 2.67 bits per heavy atom. The van der Waals surface area contributed by atoms with Crippen molar-refractivity contribution >= 4 is 17.6 Å². The van der Waals surface area contributed by atoms with Crippen LogP contribution in [0, 0.1) is 0 Å². The number of rotatable bonds is 4. The molecule has 1 aliphatic rings. The van der Waals surface area contributed by atoms with E-state index in [1.54, 1.807) is 31.1 Å². The minimum atomic E-state index is -4.28. The van der Waals surface area contributed by atoms with Crippen molar-refractivity contribution in [2.75, 3.05) is 19.8 Å². The van der Waals surface area contributed by atoms with E-state index in [2.05, 4.69) is 4.99 Å². The topological polar surface area (TPSA) is 28.7 Å². The van der Waals surface area contributed by atoms with Gasteiger partial charge in [0.1, 0.15) is 6.04 Å². The molecule has 2 unspecified atom stereocenters. The molecule has 0 aromatic carbocycles. The number of alkyl halides is 4. The highest BCUT2D eigenvalue weighted by Crippen LogP contribution is 2.34. The summed E-state index contributed by atoms with van der Waals surface area (Å²) >= 11 is 0.618. The fourth-order valence-electron chi connectivity index (χ4n) is 2.08. The largest absolute Gasteiger partial charge is 0.461 e. The Morgan fingerprint density at radius 1 is 1.42 bits per heavy atom. The van der Waals surface area contributed by atoms with Gasteiger partial charge in [0.2, 0.25) is 0 Å². The second-order valence-corrected chi connectivity index (χ2v) is 6.78. The summed E-state index contributed by atoms with van der Waals surface area (Å²) in [5.74, 6) is -0.148. The third kappa shape index (κ3) is 4.90. The van der Waals surface area contributed by atoms with Crippen LogP contribution in [0.3, 0.4) is 0 Å². The molecule has 0 saturated carbocycles. The standard InChI is InChI=1S/C16H18F4N2OS/c1-15(17)7-6-11(24-10-16(18,19)20)9-13(15)21-14(22(2)3)12-5-4-8-23-12/h4-9,13H,10H2,1-3H3. The number of thioether (sulfide) groups is 1. The van der Waals surface area contributed by atoms with Gasteiger partial charge < -0.3 is 9.32 Å².